The number of aliphatic hydroxyl groups is 1. The highest BCUT2D eigenvalue weighted by atomic mass is 16.5. The first-order valence-corrected chi connectivity index (χ1v) is 7.19. The van der Waals surface area contributed by atoms with Crippen LogP contribution < -0.4 is 0 Å². The zero-order valence-corrected chi connectivity index (χ0v) is 11.8. The molecule has 0 saturated heterocycles. The predicted molar refractivity (Wildman–Crippen MR) is 71.8 cm³/mol. The lowest BCUT2D eigenvalue weighted by molar-refractivity contribution is -0.144. The molecule has 0 aromatic heterocycles. The molecule has 1 aliphatic carbocycles. The monoisotopic (exact) mass is 271 g/mol. The third kappa shape index (κ3) is 6.16. The molecule has 0 aliphatic heterocycles. The number of esters is 1. The summed E-state index contributed by atoms with van der Waals surface area (Å²) in [5.41, 5.74) is 0. The summed E-state index contributed by atoms with van der Waals surface area (Å²) in [5, 5.41) is 9.07. The van der Waals surface area contributed by atoms with Crippen molar-refractivity contribution < 1.29 is 19.4 Å². The Bertz CT molecular complexity index is 287. The van der Waals surface area contributed by atoms with Crippen molar-refractivity contribution in [2.24, 2.45) is 0 Å². The number of aliphatic hydroxyl groups excluding tert-OH is 1. The number of ether oxygens (including phenoxy) is 1. The van der Waals surface area contributed by atoms with Gasteiger partial charge in [0, 0.05) is 19.0 Å². The van der Waals surface area contributed by atoms with Crippen molar-refractivity contribution in [3.05, 3.63) is 0 Å². The van der Waals surface area contributed by atoms with Gasteiger partial charge >= 0.3 is 5.97 Å². The smallest absolute Gasteiger partial charge is 0.306 e. The van der Waals surface area contributed by atoms with Crippen LogP contribution in [0.2, 0.25) is 0 Å². The normalized spacial score (nSPS) is 15.9. The van der Waals surface area contributed by atoms with E-state index in [0.29, 0.717) is 25.7 Å². The van der Waals surface area contributed by atoms with Crippen molar-refractivity contribution in [1.82, 2.24) is 4.90 Å². The van der Waals surface area contributed by atoms with Crippen molar-refractivity contribution in [3.8, 4) is 0 Å². The van der Waals surface area contributed by atoms with Crippen molar-refractivity contribution >= 4 is 11.8 Å². The quantitative estimate of drug-likeness (QED) is 0.637. The van der Waals surface area contributed by atoms with Crippen LogP contribution in [-0.4, -0.2) is 54.1 Å². The number of carbonyl (C=O) groups is 2. The summed E-state index contributed by atoms with van der Waals surface area (Å²) >= 11 is 0. The van der Waals surface area contributed by atoms with E-state index in [1.165, 1.54) is 12.8 Å². The average Bonchev–Trinajstić information content (AvgIpc) is 2.90. The van der Waals surface area contributed by atoms with E-state index in [1.54, 1.807) is 6.92 Å². The molecule has 1 N–H and O–H groups in total. The van der Waals surface area contributed by atoms with Crippen molar-refractivity contribution in [3.63, 3.8) is 0 Å². The molecule has 1 rings (SSSR count). The van der Waals surface area contributed by atoms with Gasteiger partial charge in [-0.1, -0.05) is 12.8 Å². The van der Waals surface area contributed by atoms with Gasteiger partial charge < -0.3 is 9.84 Å². The summed E-state index contributed by atoms with van der Waals surface area (Å²) in [4.78, 5) is 25.1. The molecule has 0 bridgehead atoms. The third-order valence-corrected chi connectivity index (χ3v) is 3.52. The second-order valence-corrected chi connectivity index (χ2v) is 4.98. The topological polar surface area (TPSA) is 66.8 Å². The average molecular weight is 271 g/mol. The minimum Gasteiger partial charge on any atom is -0.466 e. The van der Waals surface area contributed by atoms with Gasteiger partial charge in [-0.2, -0.15) is 0 Å². The van der Waals surface area contributed by atoms with Gasteiger partial charge in [0.05, 0.1) is 26.2 Å². The van der Waals surface area contributed by atoms with Gasteiger partial charge in [-0.15, -0.1) is 0 Å². The first-order chi connectivity index (χ1) is 9.17. The van der Waals surface area contributed by atoms with Crippen LogP contribution in [0, 0.1) is 0 Å². The van der Waals surface area contributed by atoms with E-state index >= 15 is 0 Å². The fraction of sp³-hybridized carbons (Fsp3) is 0.857. The number of rotatable bonds is 9. The van der Waals surface area contributed by atoms with E-state index in [0.717, 1.165) is 12.8 Å². The van der Waals surface area contributed by atoms with Gasteiger partial charge in [-0.25, -0.2) is 0 Å². The summed E-state index contributed by atoms with van der Waals surface area (Å²) in [6.45, 7) is 3.05. The van der Waals surface area contributed by atoms with E-state index in [2.05, 4.69) is 4.90 Å². The number of carbonyl (C=O) groups excluding carboxylic acids is 2. The lowest BCUT2D eigenvalue weighted by Gasteiger charge is -2.27. The summed E-state index contributed by atoms with van der Waals surface area (Å²) < 4.78 is 4.80. The first-order valence-electron chi connectivity index (χ1n) is 7.19. The number of ketones is 1. The van der Waals surface area contributed by atoms with Gasteiger partial charge in [0.15, 0.2) is 0 Å². The highest BCUT2D eigenvalue weighted by molar-refractivity contribution is 5.84. The number of Topliss-reactive ketones (excluding diaryl/α,β-unsaturated/α-hetero) is 1. The molecule has 1 saturated carbocycles. The fourth-order valence-electron chi connectivity index (χ4n) is 2.57. The molecular weight excluding hydrogens is 246 g/mol. The standard InChI is InChI=1S/C14H25NO4/c1-2-19-14(18)8-7-13(17)11-15(9-10-16)12-5-3-4-6-12/h12,16H,2-11H2,1H3. The zero-order valence-electron chi connectivity index (χ0n) is 11.8. The van der Waals surface area contributed by atoms with Crippen LogP contribution in [0.15, 0.2) is 0 Å². The van der Waals surface area contributed by atoms with Crippen molar-refractivity contribution in [2.45, 2.75) is 51.5 Å². The zero-order chi connectivity index (χ0) is 14.1. The summed E-state index contributed by atoms with van der Waals surface area (Å²) in [6.07, 6.45) is 4.99. The van der Waals surface area contributed by atoms with Crippen LogP contribution in [0.25, 0.3) is 0 Å². The van der Waals surface area contributed by atoms with E-state index < -0.39 is 0 Å². The van der Waals surface area contributed by atoms with Crippen LogP contribution in [0.4, 0.5) is 0 Å². The number of hydrogen-bond acceptors (Lipinski definition) is 5. The maximum absolute atomic E-state index is 11.9. The Labute approximate surface area is 114 Å². The highest BCUT2D eigenvalue weighted by Gasteiger charge is 2.23. The Hall–Kier alpha value is -0.940. The Morgan fingerprint density at radius 2 is 1.95 bits per heavy atom. The molecule has 0 amide bonds. The van der Waals surface area contributed by atoms with E-state index in [4.69, 9.17) is 9.84 Å². The van der Waals surface area contributed by atoms with Crippen LogP contribution in [-0.2, 0) is 14.3 Å². The molecule has 19 heavy (non-hydrogen) atoms. The Balaban J connectivity index is 2.32. The molecule has 0 aromatic rings. The summed E-state index contributed by atoms with van der Waals surface area (Å²) in [7, 11) is 0. The molecule has 0 spiro atoms. The minimum atomic E-state index is -0.314. The molecule has 1 fully saturated rings. The summed E-state index contributed by atoms with van der Waals surface area (Å²) in [5.74, 6) is -0.265. The minimum absolute atomic E-state index is 0.0494. The predicted octanol–water partition coefficient (Wildman–Crippen LogP) is 1.14. The molecule has 5 nitrogen and oxygen atoms in total. The molecule has 5 heteroatoms. The first kappa shape index (κ1) is 16.1. The van der Waals surface area contributed by atoms with Crippen molar-refractivity contribution in [1.29, 1.82) is 0 Å². The molecule has 0 heterocycles. The van der Waals surface area contributed by atoms with Crippen molar-refractivity contribution in [2.75, 3.05) is 26.3 Å². The fourth-order valence-corrected chi connectivity index (χ4v) is 2.57. The Morgan fingerprint density at radius 1 is 1.26 bits per heavy atom. The lowest BCUT2D eigenvalue weighted by atomic mass is 10.1. The van der Waals surface area contributed by atoms with Gasteiger partial charge in [-0.3, -0.25) is 14.5 Å². The van der Waals surface area contributed by atoms with Crippen LogP contribution in [0.3, 0.4) is 0 Å². The van der Waals surface area contributed by atoms with Gasteiger partial charge in [0.2, 0.25) is 0 Å². The van der Waals surface area contributed by atoms with Gasteiger partial charge in [0.1, 0.15) is 5.78 Å². The second kappa shape index (κ2) is 9.04. The third-order valence-electron chi connectivity index (χ3n) is 3.52. The van der Waals surface area contributed by atoms with E-state index in [1.807, 2.05) is 0 Å². The molecule has 110 valence electrons. The SMILES string of the molecule is CCOC(=O)CCC(=O)CN(CCO)C1CCCC1. The maximum Gasteiger partial charge on any atom is 0.306 e. The maximum atomic E-state index is 11.9. The molecule has 1 aliphatic rings. The van der Waals surface area contributed by atoms with E-state index in [-0.39, 0.29) is 31.2 Å². The Kier molecular flexibility index (Phi) is 7.67. The lowest BCUT2D eigenvalue weighted by Crippen LogP contribution is -2.39. The molecule has 0 atom stereocenters. The Morgan fingerprint density at radius 3 is 2.53 bits per heavy atom. The number of nitrogens with zero attached hydrogens (tertiary/aromatic N) is 1. The van der Waals surface area contributed by atoms with Gasteiger partial charge in [0.25, 0.3) is 0 Å². The largest absolute Gasteiger partial charge is 0.466 e. The van der Waals surface area contributed by atoms with Crippen LogP contribution in [0.1, 0.15) is 45.4 Å². The molecular formula is C14H25NO4. The highest BCUT2D eigenvalue weighted by Crippen LogP contribution is 2.23. The van der Waals surface area contributed by atoms with E-state index in [9.17, 15) is 9.59 Å². The molecule has 0 radical (unpaired) electrons. The number of hydrogen-bond donors (Lipinski definition) is 1. The van der Waals surface area contributed by atoms with Crippen LogP contribution in [0.5, 0.6) is 0 Å². The van der Waals surface area contributed by atoms with Crippen LogP contribution >= 0.6 is 0 Å². The molecule has 0 unspecified atom stereocenters. The second-order valence-electron chi connectivity index (χ2n) is 4.98. The van der Waals surface area contributed by atoms with Gasteiger partial charge in [-0.05, 0) is 19.8 Å². The summed E-state index contributed by atoms with van der Waals surface area (Å²) in [6, 6.07) is 0.415. The molecule has 0 aromatic carbocycles.